The van der Waals surface area contributed by atoms with Crippen LogP contribution < -0.4 is 0 Å². The van der Waals surface area contributed by atoms with Gasteiger partial charge in [0.1, 0.15) is 6.10 Å². The van der Waals surface area contributed by atoms with Gasteiger partial charge in [-0.1, -0.05) is 34.6 Å². The van der Waals surface area contributed by atoms with Gasteiger partial charge in [-0.3, -0.25) is 4.79 Å². The first-order chi connectivity index (χ1) is 16.4. The highest BCUT2D eigenvalue weighted by Gasteiger charge is 2.78. The molecule has 0 aromatic carbocycles. The van der Waals surface area contributed by atoms with E-state index in [1.807, 2.05) is 0 Å². The second kappa shape index (κ2) is 9.88. The molecule has 1 aliphatic carbocycles. The zero-order valence-electron chi connectivity index (χ0n) is 21.2. The molecule has 0 saturated heterocycles. The van der Waals surface area contributed by atoms with Crippen LogP contribution in [0.3, 0.4) is 0 Å². The Morgan fingerprint density at radius 1 is 0.658 bits per heavy atom. The van der Waals surface area contributed by atoms with Crippen molar-refractivity contribution in [1.29, 1.82) is 0 Å². The van der Waals surface area contributed by atoms with Crippen molar-refractivity contribution in [1.82, 2.24) is 0 Å². The number of carbonyl (C=O) groups excluding carboxylic acids is 1. The third-order valence-corrected chi connectivity index (χ3v) is 7.98. The average Bonchev–Trinajstić information content (AvgIpc) is 2.66. The van der Waals surface area contributed by atoms with Crippen molar-refractivity contribution < 1.29 is 72.4 Å². The zero-order chi connectivity index (χ0) is 30.7. The molecule has 0 bridgehead atoms. The quantitative estimate of drug-likeness (QED) is 0.277. The molecule has 0 aliphatic heterocycles. The Labute approximate surface area is 210 Å². The maximum Gasteiger partial charge on any atom is 0.426 e. The van der Waals surface area contributed by atoms with Crippen LogP contribution in [-0.4, -0.2) is 58.2 Å². The largest absolute Gasteiger partial charge is 0.462 e. The standard InChI is InChI=1S/C22H30F12O4/c1-10(2)16(6,15(3,4)5)14(35)38-13-8-11(17(36,19(23,24)25)20(26,27)28)7-12(9-13)18(37,21(29,30)31)22(32,33)34/h10-13,36-37H,7-9H2,1-6H3. The second-order valence-corrected chi connectivity index (χ2v) is 11.3. The minimum Gasteiger partial charge on any atom is -0.462 e. The van der Waals surface area contributed by atoms with Crippen molar-refractivity contribution >= 4 is 5.97 Å². The first-order valence-electron chi connectivity index (χ1n) is 11.3. The number of rotatable bonds is 5. The van der Waals surface area contributed by atoms with Gasteiger partial charge in [0.25, 0.3) is 11.2 Å². The molecule has 1 fully saturated rings. The molecule has 3 unspecified atom stereocenters. The first-order valence-corrected chi connectivity index (χ1v) is 11.3. The molecule has 3 atom stereocenters. The molecule has 38 heavy (non-hydrogen) atoms. The molecule has 2 N–H and O–H groups in total. The first kappa shape index (κ1) is 34.6. The van der Waals surface area contributed by atoms with Gasteiger partial charge in [-0.05, 0) is 37.5 Å². The molecule has 226 valence electrons. The van der Waals surface area contributed by atoms with Crippen LogP contribution in [0.5, 0.6) is 0 Å². The summed E-state index contributed by atoms with van der Waals surface area (Å²) >= 11 is 0. The Kier molecular flexibility index (Phi) is 8.99. The topological polar surface area (TPSA) is 66.8 Å². The lowest BCUT2D eigenvalue weighted by Gasteiger charge is -2.49. The third-order valence-electron chi connectivity index (χ3n) is 7.98. The number of carbonyl (C=O) groups is 1. The van der Waals surface area contributed by atoms with Gasteiger partial charge in [0.05, 0.1) is 5.41 Å². The summed E-state index contributed by atoms with van der Waals surface area (Å²) in [6, 6.07) is 0. The van der Waals surface area contributed by atoms with E-state index in [0.717, 1.165) is 0 Å². The molecule has 1 rings (SSSR count). The summed E-state index contributed by atoms with van der Waals surface area (Å²) in [4.78, 5) is 13.1. The zero-order valence-corrected chi connectivity index (χ0v) is 21.2. The van der Waals surface area contributed by atoms with Gasteiger partial charge in [0.2, 0.25) is 0 Å². The Morgan fingerprint density at radius 3 is 1.16 bits per heavy atom. The van der Waals surface area contributed by atoms with Gasteiger partial charge in [-0.15, -0.1) is 0 Å². The molecular weight excluding hydrogens is 556 g/mol. The molecule has 0 aromatic rings. The van der Waals surface area contributed by atoms with Crippen molar-refractivity contribution in [2.45, 2.75) is 103 Å². The predicted molar refractivity (Wildman–Crippen MR) is 107 cm³/mol. The normalized spacial score (nSPS) is 24.8. The van der Waals surface area contributed by atoms with Crippen LogP contribution in [0.1, 0.15) is 60.8 Å². The Balaban J connectivity index is 3.79. The fourth-order valence-electron chi connectivity index (χ4n) is 4.97. The van der Waals surface area contributed by atoms with Crippen molar-refractivity contribution in [2.75, 3.05) is 0 Å². The molecule has 0 aromatic heterocycles. The van der Waals surface area contributed by atoms with E-state index in [2.05, 4.69) is 0 Å². The van der Waals surface area contributed by atoms with Gasteiger partial charge in [-0.2, -0.15) is 52.7 Å². The van der Waals surface area contributed by atoms with Gasteiger partial charge in [0, 0.05) is 11.8 Å². The van der Waals surface area contributed by atoms with Crippen LogP contribution in [-0.2, 0) is 9.53 Å². The Bertz CT molecular complexity index is 777. The molecule has 0 radical (unpaired) electrons. The van der Waals surface area contributed by atoms with Crippen molar-refractivity contribution in [3.05, 3.63) is 0 Å². The molecule has 0 heterocycles. The summed E-state index contributed by atoms with van der Waals surface area (Å²) in [6.45, 7) is 8.84. The monoisotopic (exact) mass is 586 g/mol. The minimum absolute atomic E-state index is 0.616. The molecule has 1 saturated carbocycles. The highest BCUT2D eigenvalue weighted by atomic mass is 19.4. The molecule has 1 aliphatic rings. The highest BCUT2D eigenvalue weighted by Crippen LogP contribution is 2.58. The van der Waals surface area contributed by atoms with E-state index in [1.165, 1.54) is 41.5 Å². The number of alkyl halides is 12. The maximum absolute atomic E-state index is 13.5. The number of hydrogen-bond donors (Lipinski definition) is 2. The van der Waals surface area contributed by atoms with E-state index in [4.69, 9.17) is 4.74 Å². The lowest BCUT2D eigenvalue weighted by molar-refractivity contribution is -0.405. The summed E-state index contributed by atoms with van der Waals surface area (Å²) < 4.78 is 167. The fraction of sp³-hybridized carbons (Fsp3) is 0.955. The molecule has 0 spiro atoms. The van der Waals surface area contributed by atoms with Crippen LogP contribution in [0.15, 0.2) is 0 Å². The van der Waals surface area contributed by atoms with Gasteiger partial charge in [0.15, 0.2) is 0 Å². The number of esters is 1. The van der Waals surface area contributed by atoms with Crippen molar-refractivity contribution in [3.63, 3.8) is 0 Å². The Hall–Kier alpha value is -1.45. The van der Waals surface area contributed by atoms with Gasteiger partial charge in [-0.25, -0.2) is 0 Å². The Morgan fingerprint density at radius 2 is 0.947 bits per heavy atom. The predicted octanol–water partition coefficient (Wildman–Crippen LogP) is 6.73. The minimum atomic E-state index is -6.60. The SMILES string of the molecule is CC(C)C(C)(C(=O)OC1CC(C(O)(C(F)(F)F)C(F)(F)F)CC(C(O)(C(F)(F)F)C(F)(F)F)C1)C(C)(C)C. The third kappa shape index (κ3) is 5.57. The summed E-state index contributed by atoms with van der Waals surface area (Å²) in [5.41, 5.74) is -14.1. The molecule has 0 amide bonds. The number of halogens is 12. The maximum atomic E-state index is 13.5. The van der Waals surface area contributed by atoms with Gasteiger partial charge >= 0.3 is 30.7 Å². The number of aliphatic hydroxyl groups is 2. The summed E-state index contributed by atoms with van der Waals surface area (Å²) in [7, 11) is 0. The fourth-order valence-corrected chi connectivity index (χ4v) is 4.97. The average molecular weight is 586 g/mol. The van der Waals surface area contributed by atoms with E-state index in [0.29, 0.717) is 0 Å². The lowest BCUT2D eigenvalue weighted by Crippen LogP contribution is -2.67. The van der Waals surface area contributed by atoms with E-state index >= 15 is 0 Å². The van der Waals surface area contributed by atoms with Gasteiger partial charge < -0.3 is 14.9 Å². The lowest BCUT2D eigenvalue weighted by atomic mass is 9.61. The van der Waals surface area contributed by atoms with Crippen molar-refractivity contribution in [3.8, 4) is 0 Å². The van der Waals surface area contributed by atoms with E-state index in [1.54, 1.807) is 0 Å². The van der Waals surface area contributed by atoms with Crippen LogP contribution in [0.4, 0.5) is 52.7 Å². The van der Waals surface area contributed by atoms with Crippen LogP contribution in [0, 0.1) is 28.6 Å². The van der Waals surface area contributed by atoms with Crippen molar-refractivity contribution in [2.24, 2.45) is 28.6 Å². The smallest absolute Gasteiger partial charge is 0.426 e. The van der Waals surface area contributed by atoms with Crippen LogP contribution in [0.2, 0.25) is 0 Å². The number of hydrogen-bond acceptors (Lipinski definition) is 4. The summed E-state index contributed by atoms with van der Waals surface area (Å²) in [5.74, 6) is -8.70. The van der Waals surface area contributed by atoms with Crippen LogP contribution in [0.25, 0.3) is 0 Å². The van der Waals surface area contributed by atoms with Crippen LogP contribution >= 0.6 is 0 Å². The second-order valence-electron chi connectivity index (χ2n) is 11.3. The highest BCUT2D eigenvalue weighted by molar-refractivity contribution is 5.78. The van der Waals surface area contributed by atoms with E-state index in [9.17, 15) is 67.7 Å². The van der Waals surface area contributed by atoms with E-state index in [-0.39, 0.29) is 0 Å². The summed E-state index contributed by atoms with van der Waals surface area (Å²) in [5, 5.41) is 19.6. The molecular formula is C22H30F12O4. The molecule has 4 nitrogen and oxygen atoms in total. The molecule has 16 heteroatoms. The van der Waals surface area contributed by atoms with E-state index < -0.39 is 95.8 Å². The summed E-state index contributed by atoms with van der Waals surface area (Å²) in [6.07, 6.45) is -34.1. The number of ether oxygens (including phenoxy) is 1.